The van der Waals surface area contributed by atoms with Crippen LogP contribution in [0.15, 0.2) is 72.9 Å². The van der Waals surface area contributed by atoms with E-state index in [1.165, 1.54) is 12.1 Å². The molecule has 33 heavy (non-hydrogen) atoms. The normalized spacial score (nSPS) is 20.6. The number of pyridine rings is 1. The highest BCUT2D eigenvalue weighted by molar-refractivity contribution is 5.78. The highest BCUT2D eigenvalue weighted by Crippen LogP contribution is 2.27. The number of rotatable bonds is 7. The Hall–Kier alpha value is -3.29. The molecule has 2 aliphatic rings. The van der Waals surface area contributed by atoms with Gasteiger partial charge in [0.25, 0.3) is 0 Å². The molecule has 2 fully saturated rings. The Morgan fingerprint density at radius 1 is 1.00 bits per heavy atom. The number of hydrogen-bond donors (Lipinski definition) is 0. The lowest BCUT2D eigenvalue weighted by atomic mass is 10.1. The van der Waals surface area contributed by atoms with E-state index in [0.717, 1.165) is 42.2 Å². The summed E-state index contributed by atoms with van der Waals surface area (Å²) in [5, 5.41) is 0. The number of halogens is 1. The minimum Gasteiger partial charge on any atom is -0.487 e. The fourth-order valence-electron chi connectivity index (χ4n) is 4.50. The smallest absolute Gasteiger partial charge is 0.249 e. The Labute approximate surface area is 192 Å². The Bertz CT molecular complexity index is 1090. The maximum atomic E-state index is 13.3. The van der Waals surface area contributed by atoms with E-state index in [2.05, 4.69) is 16.0 Å². The lowest BCUT2D eigenvalue weighted by Crippen LogP contribution is -2.53. The SMILES string of the molecule is O=C1CO[C@@H]2CN(Cc3cccc(OCc4ccccn4)c3)C[C@H]2N1Cc1ccc(F)cc1. The van der Waals surface area contributed by atoms with Crippen molar-refractivity contribution in [1.82, 2.24) is 14.8 Å². The summed E-state index contributed by atoms with van der Waals surface area (Å²) in [5.41, 5.74) is 2.94. The first-order valence-corrected chi connectivity index (χ1v) is 11.1. The molecule has 0 radical (unpaired) electrons. The molecule has 2 aromatic carbocycles. The number of carbonyl (C=O) groups is 1. The van der Waals surface area contributed by atoms with Gasteiger partial charge in [0.05, 0.1) is 17.8 Å². The summed E-state index contributed by atoms with van der Waals surface area (Å²) in [4.78, 5) is 21.1. The predicted molar refractivity (Wildman–Crippen MR) is 121 cm³/mol. The van der Waals surface area contributed by atoms with Crippen LogP contribution in [0.2, 0.25) is 0 Å². The molecule has 0 aliphatic carbocycles. The van der Waals surface area contributed by atoms with Crippen LogP contribution >= 0.6 is 0 Å². The van der Waals surface area contributed by atoms with Gasteiger partial charge in [-0.05, 0) is 47.5 Å². The molecule has 2 aliphatic heterocycles. The van der Waals surface area contributed by atoms with Crippen molar-refractivity contribution in [2.24, 2.45) is 0 Å². The third kappa shape index (κ3) is 5.21. The molecule has 0 spiro atoms. The van der Waals surface area contributed by atoms with Crippen LogP contribution in [-0.2, 0) is 29.2 Å². The number of morpholine rings is 1. The zero-order valence-corrected chi connectivity index (χ0v) is 18.3. The molecule has 0 saturated carbocycles. The number of carbonyl (C=O) groups excluding carboxylic acids is 1. The van der Waals surface area contributed by atoms with Crippen LogP contribution in [-0.4, -0.2) is 52.5 Å². The highest BCUT2D eigenvalue weighted by Gasteiger charge is 2.43. The highest BCUT2D eigenvalue weighted by atomic mass is 19.1. The van der Waals surface area contributed by atoms with Crippen molar-refractivity contribution in [2.75, 3.05) is 19.7 Å². The van der Waals surface area contributed by atoms with E-state index in [-0.39, 0.29) is 30.5 Å². The van der Waals surface area contributed by atoms with Gasteiger partial charge in [0.15, 0.2) is 0 Å². The molecule has 170 valence electrons. The van der Waals surface area contributed by atoms with Gasteiger partial charge in [-0.2, -0.15) is 0 Å². The number of aromatic nitrogens is 1. The first kappa shape index (κ1) is 21.6. The number of likely N-dealkylation sites (tertiary alicyclic amines) is 1. The molecule has 0 unspecified atom stereocenters. The van der Waals surface area contributed by atoms with Gasteiger partial charge >= 0.3 is 0 Å². The monoisotopic (exact) mass is 447 g/mol. The molecule has 2 saturated heterocycles. The van der Waals surface area contributed by atoms with Crippen molar-refractivity contribution in [2.45, 2.75) is 31.8 Å². The summed E-state index contributed by atoms with van der Waals surface area (Å²) in [7, 11) is 0. The van der Waals surface area contributed by atoms with Gasteiger partial charge in [-0.1, -0.05) is 30.3 Å². The lowest BCUT2D eigenvalue weighted by molar-refractivity contribution is -0.153. The van der Waals surface area contributed by atoms with Crippen LogP contribution in [0.4, 0.5) is 4.39 Å². The molecule has 1 aromatic heterocycles. The summed E-state index contributed by atoms with van der Waals surface area (Å²) in [6.07, 6.45) is 1.74. The molecule has 3 aromatic rings. The molecular formula is C26H26FN3O3. The van der Waals surface area contributed by atoms with E-state index in [9.17, 15) is 9.18 Å². The van der Waals surface area contributed by atoms with E-state index in [4.69, 9.17) is 9.47 Å². The van der Waals surface area contributed by atoms with Crippen molar-refractivity contribution < 1.29 is 18.7 Å². The van der Waals surface area contributed by atoms with E-state index in [1.807, 2.05) is 41.3 Å². The average Bonchev–Trinajstić information content (AvgIpc) is 3.24. The van der Waals surface area contributed by atoms with Crippen LogP contribution in [0.25, 0.3) is 0 Å². The third-order valence-corrected chi connectivity index (χ3v) is 6.14. The summed E-state index contributed by atoms with van der Waals surface area (Å²) in [6, 6.07) is 20.2. The topological polar surface area (TPSA) is 54.9 Å². The minimum absolute atomic E-state index is 0.0140. The Morgan fingerprint density at radius 2 is 1.88 bits per heavy atom. The molecule has 0 N–H and O–H groups in total. The largest absolute Gasteiger partial charge is 0.487 e. The summed E-state index contributed by atoms with van der Waals surface area (Å²) < 4.78 is 25.0. The van der Waals surface area contributed by atoms with Crippen LogP contribution in [0.5, 0.6) is 5.75 Å². The fourth-order valence-corrected chi connectivity index (χ4v) is 4.50. The van der Waals surface area contributed by atoms with Crippen molar-refractivity contribution >= 4 is 5.91 Å². The lowest BCUT2D eigenvalue weighted by Gasteiger charge is -2.36. The number of amides is 1. The van der Waals surface area contributed by atoms with E-state index >= 15 is 0 Å². The molecule has 6 nitrogen and oxygen atoms in total. The number of benzene rings is 2. The molecule has 1 amide bonds. The standard InChI is InChI=1S/C26H26FN3O3/c27-21-9-7-19(8-10-21)14-30-24-15-29(16-25(24)33-18-26(30)31)13-20-4-3-6-23(12-20)32-17-22-5-1-2-11-28-22/h1-12,24-25H,13-18H2/t24-,25-/m1/s1. The van der Waals surface area contributed by atoms with Gasteiger partial charge in [0, 0.05) is 32.4 Å². The molecule has 3 heterocycles. The molecule has 2 atom stereocenters. The van der Waals surface area contributed by atoms with Crippen LogP contribution < -0.4 is 4.74 Å². The van der Waals surface area contributed by atoms with Crippen molar-refractivity contribution in [1.29, 1.82) is 0 Å². The average molecular weight is 448 g/mol. The quantitative estimate of drug-likeness (QED) is 0.556. The Morgan fingerprint density at radius 3 is 2.70 bits per heavy atom. The Kier molecular flexibility index (Phi) is 6.32. The summed E-state index contributed by atoms with van der Waals surface area (Å²) >= 11 is 0. The number of nitrogens with zero attached hydrogens (tertiary/aromatic N) is 3. The van der Waals surface area contributed by atoms with Gasteiger partial charge < -0.3 is 14.4 Å². The summed E-state index contributed by atoms with van der Waals surface area (Å²) in [5.74, 6) is 0.509. The zero-order chi connectivity index (χ0) is 22.6. The van der Waals surface area contributed by atoms with Gasteiger partial charge in [0.2, 0.25) is 5.91 Å². The second-order valence-corrected chi connectivity index (χ2v) is 8.52. The molecular weight excluding hydrogens is 421 g/mol. The maximum Gasteiger partial charge on any atom is 0.249 e. The van der Waals surface area contributed by atoms with Crippen molar-refractivity contribution in [3.8, 4) is 5.75 Å². The molecule has 7 heteroatoms. The van der Waals surface area contributed by atoms with Crippen LogP contribution in [0, 0.1) is 5.82 Å². The first-order valence-electron chi connectivity index (χ1n) is 11.1. The maximum absolute atomic E-state index is 13.3. The third-order valence-electron chi connectivity index (χ3n) is 6.14. The molecule has 5 rings (SSSR count). The van der Waals surface area contributed by atoms with Gasteiger partial charge in [-0.3, -0.25) is 14.7 Å². The first-order chi connectivity index (χ1) is 16.1. The van der Waals surface area contributed by atoms with E-state index in [0.29, 0.717) is 13.2 Å². The van der Waals surface area contributed by atoms with Gasteiger partial charge in [-0.25, -0.2) is 4.39 Å². The Balaban J connectivity index is 1.22. The van der Waals surface area contributed by atoms with Crippen molar-refractivity contribution in [3.05, 3.63) is 95.6 Å². The van der Waals surface area contributed by atoms with E-state index < -0.39 is 0 Å². The number of fused-ring (bicyclic) bond motifs is 1. The predicted octanol–water partition coefficient (Wildman–Crippen LogP) is 3.41. The minimum atomic E-state index is -0.275. The van der Waals surface area contributed by atoms with E-state index in [1.54, 1.807) is 18.3 Å². The number of hydrogen-bond acceptors (Lipinski definition) is 5. The van der Waals surface area contributed by atoms with Gasteiger partial charge in [-0.15, -0.1) is 0 Å². The summed E-state index contributed by atoms with van der Waals surface area (Å²) in [6.45, 7) is 3.22. The number of ether oxygens (including phenoxy) is 2. The van der Waals surface area contributed by atoms with Gasteiger partial charge in [0.1, 0.15) is 24.8 Å². The fraction of sp³-hybridized carbons (Fsp3) is 0.308. The second kappa shape index (κ2) is 9.68. The van der Waals surface area contributed by atoms with Crippen LogP contribution in [0.1, 0.15) is 16.8 Å². The second-order valence-electron chi connectivity index (χ2n) is 8.52. The van der Waals surface area contributed by atoms with Crippen LogP contribution in [0.3, 0.4) is 0 Å². The zero-order valence-electron chi connectivity index (χ0n) is 18.3. The van der Waals surface area contributed by atoms with Crippen molar-refractivity contribution in [3.63, 3.8) is 0 Å². The molecule has 0 bridgehead atoms.